The largest absolute Gasteiger partial charge is 0.325 e. The molecule has 2 aromatic carbocycles. The molecule has 1 heterocycles. The number of carbonyl (C=O) groups is 1. The van der Waals surface area contributed by atoms with Gasteiger partial charge < -0.3 is 5.32 Å². The summed E-state index contributed by atoms with van der Waals surface area (Å²) < 4.78 is 0. The van der Waals surface area contributed by atoms with E-state index in [1.54, 1.807) is 6.07 Å². The second-order valence-electron chi connectivity index (χ2n) is 7.21. The van der Waals surface area contributed by atoms with Gasteiger partial charge in [-0.2, -0.15) is 0 Å². The fourth-order valence-electron chi connectivity index (χ4n) is 3.45. The average molecular weight is 406 g/mol. The van der Waals surface area contributed by atoms with Crippen molar-refractivity contribution in [3.05, 3.63) is 63.1 Å². The van der Waals surface area contributed by atoms with Crippen LogP contribution in [0.25, 0.3) is 0 Å². The molecule has 27 heavy (non-hydrogen) atoms. The molecule has 0 aromatic heterocycles. The van der Waals surface area contributed by atoms with E-state index >= 15 is 0 Å². The lowest BCUT2D eigenvalue weighted by atomic mass is 10.1. The molecule has 1 aliphatic rings. The van der Waals surface area contributed by atoms with Gasteiger partial charge in [-0.25, -0.2) is 0 Å². The standard InChI is InChI=1S/C21H25Cl2N3O/c1-15-9-16(2)11-19(10-15)24-21(27)14-26-7-5-25(6-8-26)13-17-3-4-18(22)12-20(17)23/h3-4,9-12H,5-8,13-14H2,1-2H3,(H,24,27). The zero-order valence-corrected chi connectivity index (χ0v) is 17.3. The lowest BCUT2D eigenvalue weighted by Gasteiger charge is -2.34. The molecule has 0 unspecified atom stereocenters. The zero-order valence-electron chi connectivity index (χ0n) is 15.8. The SMILES string of the molecule is Cc1cc(C)cc(NC(=O)CN2CCN(Cc3ccc(Cl)cc3Cl)CC2)c1. The summed E-state index contributed by atoms with van der Waals surface area (Å²) in [7, 11) is 0. The topological polar surface area (TPSA) is 35.6 Å². The summed E-state index contributed by atoms with van der Waals surface area (Å²) in [6, 6.07) is 11.7. The highest BCUT2D eigenvalue weighted by Crippen LogP contribution is 2.22. The molecule has 0 saturated carbocycles. The lowest BCUT2D eigenvalue weighted by Crippen LogP contribution is -2.48. The van der Waals surface area contributed by atoms with Crippen molar-refractivity contribution >= 4 is 34.8 Å². The van der Waals surface area contributed by atoms with Crippen molar-refractivity contribution in [3.8, 4) is 0 Å². The van der Waals surface area contributed by atoms with Crippen molar-refractivity contribution in [1.82, 2.24) is 9.80 Å². The second kappa shape index (κ2) is 9.07. The third-order valence-electron chi connectivity index (χ3n) is 4.75. The molecule has 1 N–H and O–H groups in total. The molecule has 1 fully saturated rings. The third kappa shape index (κ3) is 5.94. The maximum Gasteiger partial charge on any atom is 0.238 e. The van der Waals surface area contributed by atoms with E-state index in [1.807, 2.05) is 38.1 Å². The summed E-state index contributed by atoms with van der Waals surface area (Å²) >= 11 is 12.2. The van der Waals surface area contributed by atoms with Crippen LogP contribution in [-0.2, 0) is 11.3 Å². The van der Waals surface area contributed by atoms with E-state index in [2.05, 4.69) is 21.2 Å². The Balaban J connectivity index is 1.46. The van der Waals surface area contributed by atoms with Crippen LogP contribution in [-0.4, -0.2) is 48.4 Å². The van der Waals surface area contributed by atoms with Crippen molar-refractivity contribution in [3.63, 3.8) is 0 Å². The fourth-order valence-corrected chi connectivity index (χ4v) is 3.92. The number of aryl methyl sites for hydroxylation is 2. The summed E-state index contributed by atoms with van der Waals surface area (Å²) in [6.45, 7) is 8.85. The number of hydrogen-bond donors (Lipinski definition) is 1. The summed E-state index contributed by atoms with van der Waals surface area (Å²) in [5.74, 6) is 0.0363. The first-order valence-corrected chi connectivity index (χ1v) is 9.91. The summed E-state index contributed by atoms with van der Waals surface area (Å²) in [6.07, 6.45) is 0. The van der Waals surface area contributed by atoms with Crippen molar-refractivity contribution in [1.29, 1.82) is 0 Å². The normalized spacial score (nSPS) is 15.7. The molecule has 6 heteroatoms. The van der Waals surface area contributed by atoms with E-state index in [0.717, 1.165) is 55.1 Å². The van der Waals surface area contributed by atoms with Crippen LogP contribution in [0.5, 0.6) is 0 Å². The van der Waals surface area contributed by atoms with E-state index < -0.39 is 0 Å². The first kappa shape index (κ1) is 20.2. The van der Waals surface area contributed by atoms with E-state index in [4.69, 9.17) is 23.2 Å². The Hall–Kier alpha value is -1.59. The van der Waals surface area contributed by atoms with Crippen molar-refractivity contribution in [2.75, 3.05) is 38.0 Å². The molecule has 1 amide bonds. The van der Waals surface area contributed by atoms with Crippen LogP contribution in [0.3, 0.4) is 0 Å². The maximum absolute atomic E-state index is 12.4. The monoisotopic (exact) mass is 405 g/mol. The number of nitrogens with one attached hydrogen (secondary N) is 1. The van der Waals surface area contributed by atoms with Gasteiger partial charge in [0.25, 0.3) is 0 Å². The first-order valence-electron chi connectivity index (χ1n) is 9.16. The maximum atomic E-state index is 12.4. The molecule has 1 saturated heterocycles. The van der Waals surface area contributed by atoms with Crippen LogP contribution in [0.15, 0.2) is 36.4 Å². The highest BCUT2D eigenvalue weighted by atomic mass is 35.5. The first-order chi connectivity index (χ1) is 12.9. The van der Waals surface area contributed by atoms with Gasteiger partial charge in [-0.3, -0.25) is 14.6 Å². The van der Waals surface area contributed by atoms with Crippen LogP contribution in [0.2, 0.25) is 10.0 Å². The predicted octanol–water partition coefficient (Wildman–Crippen LogP) is 4.37. The number of halogens is 2. The van der Waals surface area contributed by atoms with Crippen LogP contribution < -0.4 is 5.32 Å². The summed E-state index contributed by atoms with van der Waals surface area (Å²) in [4.78, 5) is 16.9. The molecular formula is C21H25Cl2N3O. The molecular weight excluding hydrogens is 381 g/mol. The second-order valence-corrected chi connectivity index (χ2v) is 8.06. The Morgan fingerprint density at radius 3 is 2.22 bits per heavy atom. The molecule has 0 radical (unpaired) electrons. The van der Waals surface area contributed by atoms with E-state index in [1.165, 1.54) is 0 Å². The van der Waals surface area contributed by atoms with Crippen molar-refractivity contribution < 1.29 is 4.79 Å². The number of anilines is 1. The molecule has 0 bridgehead atoms. The number of piperazine rings is 1. The van der Waals surface area contributed by atoms with E-state index in [-0.39, 0.29) is 5.91 Å². The third-order valence-corrected chi connectivity index (χ3v) is 5.33. The van der Waals surface area contributed by atoms with Gasteiger partial charge in [0.1, 0.15) is 0 Å². The number of benzene rings is 2. The molecule has 144 valence electrons. The van der Waals surface area contributed by atoms with E-state index in [9.17, 15) is 4.79 Å². The van der Waals surface area contributed by atoms with E-state index in [0.29, 0.717) is 16.6 Å². The van der Waals surface area contributed by atoms with Gasteiger partial charge in [-0.15, -0.1) is 0 Å². The van der Waals surface area contributed by atoms with Gasteiger partial charge in [-0.1, -0.05) is 35.3 Å². The zero-order chi connectivity index (χ0) is 19.4. The Labute approximate surface area is 171 Å². The minimum absolute atomic E-state index is 0.0363. The van der Waals surface area contributed by atoms with Crippen molar-refractivity contribution in [2.45, 2.75) is 20.4 Å². The lowest BCUT2D eigenvalue weighted by molar-refractivity contribution is -0.117. The summed E-state index contributed by atoms with van der Waals surface area (Å²) in [5, 5.41) is 4.37. The molecule has 4 nitrogen and oxygen atoms in total. The van der Waals surface area contributed by atoms with Gasteiger partial charge >= 0.3 is 0 Å². The predicted molar refractivity (Wildman–Crippen MR) is 113 cm³/mol. The fraction of sp³-hybridized carbons (Fsp3) is 0.381. The Morgan fingerprint density at radius 1 is 0.963 bits per heavy atom. The number of amides is 1. The van der Waals surface area contributed by atoms with Crippen molar-refractivity contribution in [2.24, 2.45) is 0 Å². The van der Waals surface area contributed by atoms with Crippen LogP contribution in [0.1, 0.15) is 16.7 Å². The number of hydrogen-bond acceptors (Lipinski definition) is 3. The minimum Gasteiger partial charge on any atom is -0.325 e. The van der Waals surface area contributed by atoms with Crippen LogP contribution in [0, 0.1) is 13.8 Å². The Bertz CT molecular complexity index is 797. The van der Waals surface area contributed by atoms with Gasteiger partial charge in [0.05, 0.1) is 6.54 Å². The van der Waals surface area contributed by atoms with Gasteiger partial charge in [0, 0.05) is 48.5 Å². The Morgan fingerprint density at radius 2 is 1.59 bits per heavy atom. The highest BCUT2D eigenvalue weighted by molar-refractivity contribution is 6.35. The number of carbonyl (C=O) groups excluding carboxylic acids is 1. The molecule has 0 atom stereocenters. The molecule has 0 spiro atoms. The number of nitrogens with zero attached hydrogens (tertiary/aromatic N) is 2. The average Bonchev–Trinajstić information content (AvgIpc) is 2.58. The molecule has 0 aliphatic carbocycles. The van der Waals surface area contributed by atoms with Gasteiger partial charge in [-0.05, 0) is 54.8 Å². The minimum atomic E-state index is 0.0363. The molecule has 3 rings (SSSR count). The molecule has 1 aliphatic heterocycles. The highest BCUT2D eigenvalue weighted by Gasteiger charge is 2.19. The smallest absolute Gasteiger partial charge is 0.238 e. The quantitative estimate of drug-likeness (QED) is 0.801. The van der Waals surface area contributed by atoms with Gasteiger partial charge in [0.2, 0.25) is 5.91 Å². The van der Waals surface area contributed by atoms with Crippen LogP contribution >= 0.6 is 23.2 Å². The number of rotatable bonds is 5. The Kier molecular flexibility index (Phi) is 6.77. The van der Waals surface area contributed by atoms with Crippen LogP contribution in [0.4, 0.5) is 5.69 Å². The van der Waals surface area contributed by atoms with Gasteiger partial charge in [0.15, 0.2) is 0 Å². The summed E-state index contributed by atoms with van der Waals surface area (Å²) in [5.41, 5.74) is 4.26. The molecule has 2 aromatic rings.